The van der Waals surface area contributed by atoms with Crippen LogP contribution in [0, 0.1) is 19.7 Å². The van der Waals surface area contributed by atoms with Crippen molar-refractivity contribution in [1.82, 2.24) is 14.8 Å². The van der Waals surface area contributed by atoms with E-state index >= 15 is 4.39 Å². The Labute approximate surface area is 213 Å². The molecule has 0 bridgehead atoms. The fraction of sp³-hybridized carbons (Fsp3) is 0.276. The Morgan fingerprint density at radius 3 is 2.73 bits per heavy atom. The molecule has 0 fully saturated rings. The lowest BCUT2D eigenvalue weighted by molar-refractivity contribution is -0.137. The van der Waals surface area contributed by atoms with Crippen LogP contribution in [0.4, 0.5) is 4.39 Å². The number of aryl methyl sites for hydroxylation is 2. The second-order valence-corrected chi connectivity index (χ2v) is 9.73. The highest BCUT2D eigenvalue weighted by Crippen LogP contribution is 2.45. The topological polar surface area (TPSA) is 86.5 Å². The van der Waals surface area contributed by atoms with Gasteiger partial charge in [-0.15, -0.1) is 0 Å². The van der Waals surface area contributed by atoms with Gasteiger partial charge >= 0.3 is 5.97 Å². The molecule has 1 aliphatic heterocycles. The van der Waals surface area contributed by atoms with E-state index in [0.717, 1.165) is 39.1 Å². The Morgan fingerprint density at radius 1 is 1.19 bits per heavy atom. The van der Waals surface area contributed by atoms with E-state index in [1.165, 1.54) is 12.4 Å². The molecule has 0 amide bonds. The van der Waals surface area contributed by atoms with E-state index in [2.05, 4.69) is 36.1 Å². The molecule has 7 nitrogen and oxygen atoms in total. The normalized spacial score (nSPS) is 17.8. The summed E-state index contributed by atoms with van der Waals surface area (Å²) in [5.74, 6) is -0.0723. The highest BCUT2D eigenvalue weighted by molar-refractivity contribution is 5.77. The lowest BCUT2D eigenvalue weighted by Crippen LogP contribution is -2.07. The zero-order chi connectivity index (χ0) is 25.7. The maximum absolute atomic E-state index is 15.2. The molecule has 188 valence electrons. The molecule has 0 unspecified atom stereocenters. The van der Waals surface area contributed by atoms with Gasteiger partial charge in [-0.25, -0.2) is 14.1 Å². The van der Waals surface area contributed by atoms with Gasteiger partial charge in [0.25, 0.3) is 0 Å². The average molecular weight is 500 g/mol. The van der Waals surface area contributed by atoms with Gasteiger partial charge in [-0.05, 0) is 78.8 Å². The Morgan fingerprint density at radius 2 is 2.00 bits per heavy atom. The maximum atomic E-state index is 15.2. The number of benzene rings is 3. The molecule has 0 saturated carbocycles. The van der Waals surface area contributed by atoms with Crippen LogP contribution in [0.25, 0.3) is 16.8 Å². The number of hydrogen-bond donors (Lipinski definition) is 1. The lowest BCUT2D eigenvalue weighted by atomic mass is 9.90. The second-order valence-electron chi connectivity index (χ2n) is 9.73. The van der Waals surface area contributed by atoms with Crippen molar-refractivity contribution in [2.24, 2.45) is 0 Å². The molecule has 2 heterocycles. The third kappa shape index (κ3) is 4.12. The first-order valence-electron chi connectivity index (χ1n) is 12.3. The number of aromatic nitrogens is 3. The minimum absolute atomic E-state index is 0.0236. The molecule has 0 saturated heterocycles. The quantitative estimate of drug-likeness (QED) is 0.366. The van der Waals surface area contributed by atoms with Gasteiger partial charge in [0, 0.05) is 23.1 Å². The fourth-order valence-corrected chi connectivity index (χ4v) is 5.74. The summed E-state index contributed by atoms with van der Waals surface area (Å²) in [4.78, 5) is 15.2. The average Bonchev–Trinajstić information content (AvgIpc) is 3.61. The molecule has 8 heteroatoms. The van der Waals surface area contributed by atoms with E-state index in [1.807, 2.05) is 18.2 Å². The predicted molar refractivity (Wildman–Crippen MR) is 135 cm³/mol. The number of aliphatic carboxylic acids is 1. The molecule has 1 aliphatic carbocycles. The van der Waals surface area contributed by atoms with Crippen LogP contribution in [0.5, 0.6) is 11.5 Å². The van der Waals surface area contributed by atoms with Gasteiger partial charge in [-0.1, -0.05) is 12.1 Å². The van der Waals surface area contributed by atoms with Gasteiger partial charge in [-0.2, -0.15) is 5.10 Å². The molecular weight excluding hydrogens is 473 g/mol. The molecule has 1 aromatic heterocycles. The number of carboxylic acid groups (broad SMARTS) is 1. The zero-order valence-corrected chi connectivity index (χ0v) is 20.6. The standard InChI is InChI=1S/C29H26FN3O4/c1-16-9-19(33-15-31-14-32-33)10-17(2)28(16)22-5-7-24(30)29-23(22)6-8-25(29)37-20-3-4-21-18(11-27(34)35)13-36-26(21)12-20/h3-5,7,9-10,12,14-15,18,25H,6,8,11,13H2,1-2H3,(H,34,35)/t18-,25-/m1/s1. The lowest BCUT2D eigenvalue weighted by Gasteiger charge is -2.19. The number of hydrogen-bond acceptors (Lipinski definition) is 5. The number of carbonyl (C=O) groups is 1. The largest absolute Gasteiger partial charge is 0.492 e. The van der Waals surface area contributed by atoms with Crippen LogP contribution >= 0.6 is 0 Å². The number of ether oxygens (including phenoxy) is 2. The van der Waals surface area contributed by atoms with Crippen molar-refractivity contribution in [3.05, 3.63) is 88.8 Å². The zero-order valence-electron chi connectivity index (χ0n) is 20.6. The summed E-state index contributed by atoms with van der Waals surface area (Å²) in [5, 5.41) is 13.4. The van der Waals surface area contributed by atoms with Gasteiger partial charge in [0.05, 0.1) is 18.7 Å². The van der Waals surface area contributed by atoms with Gasteiger partial charge in [0.1, 0.15) is 36.1 Å². The Kier molecular flexibility index (Phi) is 5.67. The molecule has 3 aromatic carbocycles. The third-order valence-corrected chi connectivity index (χ3v) is 7.32. The number of rotatable bonds is 6. The van der Waals surface area contributed by atoms with E-state index in [9.17, 15) is 4.79 Å². The first-order valence-corrected chi connectivity index (χ1v) is 12.3. The molecule has 0 spiro atoms. The summed E-state index contributed by atoms with van der Waals surface area (Å²) in [6.45, 7) is 4.46. The van der Waals surface area contributed by atoms with Crippen LogP contribution in [0.3, 0.4) is 0 Å². The molecule has 4 aromatic rings. The summed E-state index contributed by atoms with van der Waals surface area (Å²) in [6.07, 6.45) is 4.15. The van der Waals surface area contributed by atoms with Crippen molar-refractivity contribution in [3.63, 3.8) is 0 Å². The van der Waals surface area contributed by atoms with E-state index in [-0.39, 0.29) is 18.2 Å². The van der Waals surface area contributed by atoms with Crippen molar-refractivity contribution in [3.8, 4) is 28.3 Å². The number of carboxylic acids is 1. The van der Waals surface area contributed by atoms with Crippen molar-refractivity contribution < 1.29 is 23.8 Å². The summed E-state index contributed by atoms with van der Waals surface area (Å²) in [5.41, 5.74) is 7.65. The van der Waals surface area contributed by atoms with Gasteiger partial charge in [0.15, 0.2) is 0 Å². The molecule has 1 N–H and O–H groups in total. The first kappa shape index (κ1) is 23.2. The van der Waals surface area contributed by atoms with Crippen LogP contribution in [-0.2, 0) is 11.2 Å². The van der Waals surface area contributed by atoms with Crippen LogP contribution < -0.4 is 9.47 Å². The van der Waals surface area contributed by atoms with Crippen LogP contribution in [0.15, 0.2) is 55.1 Å². The summed E-state index contributed by atoms with van der Waals surface area (Å²) >= 11 is 0. The summed E-state index contributed by atoms with van der Waals surface area (Å²) in [6, 6.07) is 13.0. The monoisotopic (exact) mass is 499 g/mol. The van der Waals surface area contributed by atoms with Gasteiger partial charge < -0.3 is 14.6 Å². The van der Waals surface area contributed by atoms with Crippen molar-refractivity contribution in [2.45, 2.75) is 45.1 Å². The van der Waals surface area contributed by atoms with E-state index in [4.69, 9.17) is 14.6 Å². The van der Waals surface area contributed by atoms with Crippen molar-refractivity contribution in [1.29, 1.82) is 0 Å². The van der Waals surface area contributed by atoms with Crippen LogP contribution in [0.1, 0.15) is 52.7 Å². The molecule has 6 rings (SSSR count). The van der Waals surface area contributed by atoms with E-state index in [1.54, 1.807) is 17.1 Å². The fourth-order valence-electron chi connectivity index (χ4n) is 5.74. The highest BCUT2D eigenvalue weighted by Gasteiger charge is 2.32. The second kappa shape index (κ2) is 9.03. The molecule has 37 heavy (non-hydrogen) atoms. The highest BCUT2D eigenvalue weighted by atomic mass is 19.1. The number of nitrogens with zero attached hydrogens (tertiary/aromatic N) is 3. The Bertz CT molecular complexity index is 1490. The number of halogens is 1. The Balaban J connectivity index is 1.31. The third-order valence-electron chi connectivity index (χ3n) is 7.32. The Hall–Kier alpha value is -4.20. The number of fused-ring (bicyclic) bond motifs is 2. The van der Waals surface area contributed by atoms with E-state index in [0.29, 0.717) is 36.5 Å². The van der Waals surface area contributed by atoms with Crippen LogP contribution in [0.2, 0.25) is 0 Å². The van der Waals surface area contributed by atoms with Crippen molar-refractivity contribution >= 4 is 5.97 Å². The van der Waals surface area contributed by atoms with Gasteiger partial charge in [0.2, 0.25) is 0 Å². The molecule has 2 aliphatic rings. The predicted octanol–water partition coefficient (Wildman–Crippen LogP) is 5.71. The van der Waals surface area contributed by atoms with E-state index < -0.39 is 12.1 Å². The maximum Gasteiger partial charge on any atom is 0.304 e. The first-order chi connectivity index (χ1) is 17.9. The van der Waals surface area contributed by atoms with Crippen molar-refractivity contribution in [2.75, 3.05) is 6.61 Å². The SMILES string of the molecule is Cc1cc(-n2cncn2)cc(C)c1-c1ccc(F)c2c1CC[C@H]2Oc1ccc2c(c1)OC[C@H]2CC(=O)O. The minimum Gasteiger partial charge on any atom is -0.492 e. The molecule has 2 atom stereocenters. The molecular formula is C29H26FN3O4. The summed E-state index contributed by atoms with van der Waals surface area (Å²) in [7, 11) is 0. The smallest absolute Gasteiger partial charge is 0.304 e. The summed E-state index contributed by atoms with van der Waals surface area (Å²) < 4.78 is 28.9. The van der Waals surface area contributed by atoms with Gasteiger partial charge in [-0.3, -0.25) is 4.79 Å². The molecule has 0 radical (unpaired) electrons. The minimum atomic E-state index is -0.853. The van der Waals surface area contributed by atoms with Crippen LogP contribution in [-0.4, -0.2) is 32.4 Å².